The van der Waals surface area contributed by atoms with Gasteiger partial charge in [0, 0.05) is 11.8 Å². The number of piperidine rings is 1. The molecule has 1 saturated heterocycles. The van der Waals surface area contributed by atoms with Crippen LogP contribution in [0.5, 0.6) is 0 Å². The molecule has 2 fully saturated rings. The number of imide groups is 1. The fraction of sp³-hybridized carbons (Fsp3) is 0.429. The number of carbonyl (C=O) groups is 2. The number of amides is 2. The van der Waals surface area contributed by atoms with Crippen LogP contribution in [0.25, 0.3) is 0 Å². The van der Waals surface area contributed by atoms with Gasteiger partial charge in [0.25, 0.3) is 0 Å². The lowest BCUT2D eigenvalue weighted by atomic mass is 9.96. The van der Waals surface area contributed by atoms with Crippen LogP contribution in [0.1, 0.15) is 24.8 Å². The summed E-state index contributed by atoms with van der Waals surface area (Å²) in [6, 6.07) is 5.45. The van der Waals surface area contributed by atoms with E-state index in [9.17, 15) is 9.59 Å². The number of carbonyl (C=O) groups excluding carboxylic acids is 2. The first kappa shape index (κ1) is 11.3. The van der Waals surface area contributed by atoms with Crippen LogP contribution in [0, 0.1) is 18.8 Å². The number of benzene rings is 1. The highest BCUT2D eigenvalue weighted by Crippen LogP contribution is 2.41. The van der Waals surface area contributed by atoms with E-state index in [2.05, 4.69) is 0 Å². The van der Waals surface area contributed by atoms with E-state index in [-0.39, 0.29) is 23.7 Å². The molecule has 1 aliphatic heterocycles. The summed E-state index contributed by atoms with van der Waals surface area (Å²) in [6.07, 6.45) is 2.38. The Morgan fingerprint density at radius 3 is 2.39 bits per heavy atom. The van der Waals surface area contributed by atoms with Crippen LogP contribution in [0.2, 0.25) is 0 Å². The molecule has 1 aromatic rings. The number of nitrogen functional groups attached to an aromatic ring is 1. The Bertz CT molecular complexity index is 517. The van der Waals surface area contributed by atoms with Crippen molar-refractivity contribution in [2.45, 2.75) is 26.2 Å². The normalized spacial score (nSPS) is 26.8. The summed E-state index contributed by atoms with van der Waals surface area (Å²) < 4.78 is 0. The highest BCUT2D eigenvalue weighted by molar-refractivity contribution is 6.20. The Balaban J connectivity index is 2.07. The predicted octanol–water partition coefficient (Wildman–Crippen LogP) is 1.87. The van der Waals surface area contributed by atoms with Crippen molar-refractivity contribution in [2.24, 2.45) is 11.8 Å². The molecular weight excluding hydrogens is 228 g/mol. The number of nitrogens with two attached hydrogens (primary N) is 1. The maximum atomic E-state index is 12.3. The fourth-order valence-corrected chi connectivity index (χ4v) is 2.99. The Kier molecular flexibility index (Phi) is 2.40. The highest BCUT2D eigenvalue weighted by atomic mass is 16.2. The Morgan fingerprint density at radius 1 is 1.17 bits per heavy atom. The largest absolute Gasteiger partial charge is 0.397 e. The van der Waals surface area contributed by atoms with E-state index < -0.39 is 0 Å². The molecule has 1 aromatic carbocycles. The van der Waals surface area contributed by atoms with Crippen LogP contribution in [0.4, 0.5) is 11.4 Å². The number of hydrogen-bond acceptors (Lipinski definition) is 3. The molecule has 2 atom stereocenters. The average Bonchev–Trinajstić information content (AvgIpc) is 2.78. The standard InChI is InChI=1S/C14H16N2O2/c1-8-2-5-11(15)12(6-8)16-13(17)9-3-4-10(7-9)14(16)18/h2,5-6,9-10H,3-4,7,15H2,1H3. The van der Waals surface area contributed by atoms with Gasteiger partial charge in [0.15, 0.2) is 0 Å². The third-order valence-corrected chi connectivity index (χ3v) is 4.00. The summed E-state index contributed by atoms with van der Waals surface area (Å²) in [6.45, 7) is 1.93. The van der Waals surface area contributed by atoms with Crippen molar-refractivity contribution in [3.63, 3.8) is 0 Å². The number of aryl methyl sites for hydroxylation is 1. The minimum Gasteiger partial charge on any atom is -0.397 e. The number of rotatable bonds is 1. The van der Waals surface area contributed by atoms with Gasteiger partial charge in [-0.25, -0.2) is 4.90 Å². The van der Waals surface area contributed by atoms with Crippen LogP contribution in [0.3, 0.4) is 0 Å². The zero-order valence-corrected chi connectivity index (χ0v) is 10.3. The zero-order chi connectivity index (χ0) is 12.9. The topological polar surface area (TPSA) is 63.4 Å². The Hall–Kier alpha value is -1.84. The van der Waals surface area contributed by atoms with E-state index in [1.165, 1.54) is 4.90 Å². The molecule has 1 aliphatic carbocycles. The molecule has 2 unspecified atom stereocenters. The molecule has 2 bridgehead atoms. The van der Waals surface area contributed by atoms with E-state index in [0.29, 0.717) is 11.4 Å². The van der Waals surface area contributed by atoms with Crippen LogP contribution < -0.4 is 10.6 Å². The molecule has 2 amide bonds. The van der Waals surface area contributed by atoms with Gasteiger partial charge < -0.3 is 5.73 Å². The van der Waals surface area contributed by atoms with Crippen molar-refractivity contribution in [1.29, 1.82) is 0 Å². The average molecular weight is 244 g/mol. The molecule has 1 saturated carbocycles. The first-order valence-electron chi connectivity index (χ1n) is 6.32. The lowest BCUT2D eigenvalue weighted by Crippen LogP contribution is -2.46. The highest BCUT2D eigenvalue weighted by Gasteiger charge is 2.46. The van der Waals surface area contributed by atoms with Gasteiger partial charge >= 0.3 is 0 Å². The van der Waals surface area contributed by atoms with Gasteiger partial charge in [0.2, 0.25) is 11.8 Å². The van der Waals surface area contributed by atoms with Crippen molar-refractivity contribution in [1.82, 2.24) is 0 Å². The van der Waals surface area contributed by atoms with E-state index in [4.69, 9.17) is 5.73 Å². The second-order valence-electron chi connectivity index (χ2n) is 5.28. The molecule has 3 rings (SSSR count). The minimum absolute atomic E-state index is 0.00705. The van der Waals surface area contributed by atoms with Crippen molar-refractivity contribution in [3.05, 3.63) is 23.8 Å². The predicted molar refractivity (Wildman–Crippen MR) is 68.9 cm³/mol. The van der Waals surface area contributed by atoms with Crippen molar-refractivity contribution < 1.29 is 9.59 Å². The van der Waals surface area contributed by atoms with E-state index in [1.54, 1.807) is 6.07 Å². The van der Waals surface area contributed by atoms with E-state index in [1.807, 2.05) is 19.1 Å². The minimum atomic E-state index is -0.0777. The zero-order valence-electron chi connectivity index (χ0n) is 10.3. The summed E-state index contributed by atoms with van der Waals surface area (Å²) in [5.41, 5.74) is 7.95. The first-order valence-corrected chi connectivity index (χ1v) is 6.32. The number of hydrogen-bond donors (Lipinski definition) is 1. The quantitative estimate of drug-likeness (QED) is 0.606. The third kappa shape index (κ3) is 1.52. The SMILES string of the molecule is Cc1ccc(N)c(N2C(=O)C3CCC(C3)C2=O)c1. The van der Waals surface area contributed by atoms with Gasteiger partial charge in [-0.1, -0.05) is 6.07 Å². The van der Waals surface area contributed by atoms with Crippen molar-refractivity contribution >= 4 is 23.2 Å². The molecule has 94 valence electrons. The lowest BCUT2D eigenvalue weighted by molar-refractivity contribution is -0.132. The molecular formula is C14H16N2O2. The van der Waals surface area contributed by atoms with E-state index in [0.717, 1.165) is 24.8 Å². The van der Waals surface area contributed by atoms with Gasteiger partial charge in [-0.05, 0) is 43.9 Å². The van der Waals surface area contributed by atoms with Crippen LogP contribution >= 0.6 is 0 Å². The van der Waals surface area contributed by atoms with Gasteiger partial charge in [-0.3, -0.25) is 9.59 Å². The first-order chi connectivity index (χ1) is 8.58. The number of nitrogens with zero attached hydrogens (tertiary/aromatic N) is 1. The van der Waals surface area contributed by atoms with Gasteiger partial charge in [0.1, 0.15) is 0 Å². The molecule has 0 spiro atoms. The molecule has 4 nitrogen and oxygen atoms in total. The van der Waals surface area contributed by atoms with Crippen molar-refractivity contribution in [3.8, 4) is 0 Å². The maximum Gasteiger partial charge on any atom is 0.236 e. The fourth-order valence-electron chi connectivity index (χ4n) is 2.99. The second-order valence-corrected chi connectivity index (χ2v) is 5.28. The summed E-state index contributed by atoms with van der Waals surface area (Å²) in [5.74, 6) is -0.141. The van der Waals surface area contributed by atoms with Crippen LogP contribution in [-0.4, -0.2) is 11.8 Å². The molecule has 2 aliphatic rings. The van der Waals surface area contributed by atoms with Crippen LogP contribution in [-0.2, 0) is 9.59 Å². The molecule has 1 heterocycles. The number of fused-ring (bicyclic) bond motifs is 2. The molecule has 18 heavy (non-hydrogen) atoms. The summed E-state index contributed by atoms with van der Waals surface area (Å²) in [5, 5.41) is 0. The van der Waals surface area contributed by atoms with Gasteiger partial charge in [-0.15, -0.1) is 0 Å². The number of anilines is 2. The van der Waals surface area contributed by atoms with Crippen molar-refractivity contribution in [2.75, 3.05) is 10.6 Å². The monoisotopic (exact) mass is 244 g/mol. The molecule has 0 aromatic heterocycles. The van der Waals surface area contributed by atoms with Crippen LogP contribution in [0.15, 0.2) is 18.2 Å². The summed E-state index contributed by atoms with van der Waals surface area (Å²) in [4.78, 5) is 25.9. The molecule has 2 N–H and O–H groups in total. The second kappa shape index (κ2) is 3.83. The molecule has 4 heteroatoms. The third-order valence-electron chi connectivity index (χ3n) is 4.00. The maximum absolute atomic E-state index is 12.3. The van der Waals surface area contributed by atoms with Gasteiger partial charge in [-0.2, -0.15) is 0 Å². The smallest absolute Gasteiger partial charge is 0.236 e. The summed E-state index contributed by atoms with van der Waals surface area (Å²) in [7, 11) is 0. The summed E-state index contributed by atoms with van der Waals surface area (Å²) >= 11 is 0. The Morgan fingerprint density at radius 2 is 1.78 bits per heavy atom. The Labute approximate surface area is 106 Å². The van der Waals surface area contributed by atoms with Gasteiger partial charge in [0.05, 0.1) is 11.4 Å². The van der Waals surface area contributed by atoms with E-state index >= 15 is 0 Å². The molecule has 0 radical (unpaired) electrons. The lowest BCUT2D eigenvalue weighted by Gasteiger charge is -2.30.